The minimum absolute atomic E-state index is 0.774. The number of benzene rings is 1. The fraction of sp³-hybridized carbons (Fsp3) is 0.278. The lowest BCUT2D eigenvalue weighted by Gasteiger charge is -2.17. The Kier molecular flexibility index (Phi) is 3.28. The molecule has 0 unspecified atom stereocenters. The van der Waals surface area contributed by atoms with E-state index in [2.05, 4.69) is 40.1 Å². The molecule has 0 aliphatic heterocycles. The third-order valence-electron chi connectivity index (χ3n) is 4.55. The summed E-state index contributed by atoms with van der Waals surface area (Å²) in [6.07, 6.45) is 5.30. The molecule has 1 aliphatic rings. The molecule has 0 radical (unpaired) electrons. The molecule has 4 aromatic rings. The number of nitrogens with zero attached hydrogens (tertiary/aromatic N) is 4. The maximum absolute atomic E-state index is 4.75. The van der Waals surface area contributed by atoms with Gasteiger partial charge in [0.05, 0.1) is 22.1 Å². The molecule has 3 heterocycles. The largest absolute Gasteiger partial charge is 0.352 e. The number of hydrogen-bond acceptors (Lipinski definition) is 6. The van der Waals surface area contributed by atoms with Crippen molar-refractivity contribution in [3.05, 3.63) is 46.0 Å². The summed E-state index contributed by atoms with van der Waals surface area (Å²) in [5.41, 5.74) is 2.55. The first-order valence-corrected chi connectivity index (χ1v) is 9.74. The van der Waals surface area contributed by atoms with E-state index in [1.54, 1.807) is 17.7 Å². The average molecular weight is 352 g/mol. The molecule has 0 N–H and O–H groups in total. The van der Waals surface area contributed by atoms with Gasteiger partial charge in [-0.25, -0.2) is 15.0 Å². The van der Waals surface area contributed by atoms with Crippen molar-refractivity contribution in [3.63, 3.8) is 0 Å². The van der Waals surface area contributed by atoms with E-state index < -0.39 is 0 Å². The molecule has 0 bridgehead atoms. The van der Waals surface area contributed by atoms with E-state index in [0.29, 0.717) is 0 Å². The van der Waals surface area contributed by atoms with Crippen LogP contribution in [-0.4, -0.2) is 22.0 Å². The quantitative estimate of drug-likeness (QED) is 0.547. The molecular formula is C18H16N4S2. The Balaban J connectivity index is 1.54. The van der Waals surface area contributed by atoms with E-state index in [4.69, 9.17) is 4.98 Å². The first-order valence-electron chi connectivity index (χ1n) is 8.10. The summed E-state index contributed by atoms with van der Waals surface area (Å²) in [4.78, 5) is 18.7. The number of hydrogen-bond donors (Lipinski definition) is 0. The van der Waals surface area contributed by atoms with Crippen LogP contribution in [0.2, 0.25) is 0 Å². The van der Waals surface area contributed by atoms with Crippen LogP contribution in [0.3, 0.4) is 0 Å². The minimum Gasteiger partial charge on any atom is -0.352 e. The molecule has 1 aromatic carbocycles. The van der Waals surface area contributed by atoms with Gasteiger partial charge in [0.25, 0.3) is 0 Å². The fourth-order valence-corrected chi connectivity index (χ4v) is 5.71. The van der Waals surface area contributed by atoms with Crippen LogP contribution in [0.5, 0.6) is 0 Å². The number of aromatic nitrogens is 3. The standard InChI is InChI=1S/C18H16N4S2/c1-22(9-15-21-12-6-2-3-7-14(12)23-15)17-16-11-5-4-8-13(11)24-18(16)20-10-19-17/h2-3,6-7,10H,4-5,8-9H2,1H3. The van der Waals surface area contributed by atoms with Crippen molar-refractivity contribution < 1.29 is 0 Å². The Bertz CT molecular complexity index is 1020. The number of thiophene rings is 1. The highest BCUT2D eigenvalue weighted by atomic mass is 32.1. The Hall–Kier alpha value is -2.05. The molecule has 6 heteroatoms. The predicted octanol–water partition coefficient (Wildman–Crippen LogP) is 4.43. The predicted molar refractivity (Wildman–Crippen MR) is 101 cm³/mol. The van der Waals surface area contributed by atoms with E-state index in [0.717, 1.165) is 34.1 Å². The number of fused-ring (bicyclic) bond motifs is 4. The van der Waals surface area contributed by atoms with Crippen LogP contribution in [0.25, 0.3) is 20.4 Å². The van der Waals surface area contributed by atoms with Crippen LogP contribution in [0, 0.1) is 0 Å². The average Bonchev–Trinajstić information content (AvgIpc) is 3.27. The van der Waals surface area contributed by atoms with Crippen molar-refractivity contribution in [1.29, 1.82) is 0 Å². The van der Waals surface area contributed by atoms with Gasteiger partial charge in [-0.05, 0) is 37.0 Å². The Morgan fingerprint density at radius 2 is 2.04 bits per heavy atom. The second kappa shape index (κ2) is 5.50. The number of anilines is 1. The summed E-state index contributed by atoms with van der Waals surface area (Å²) in [6, 6.07) is 8.31. The molecule has 0 fully saturated rings. The highest BCUT2D eigenvalue weighted by molar-refractivity contribution is 7.19. The lowest BCUT2D eigenvalue weighted by Crippen LogP contribution is -2.18. The highest BCUT2D eigenvalue weighted by Gasteiger charge is 2.22. The Labute approximate surface area is 147 Å². The summed E-state index contributed by atoms with van der Waals surface area (Å²) in [5, 5.41) is 2.39. The van der Waals surface area contributed by atoms with E-state index in [9.17, 15) is 0 Å². The SMILES string of the molecule is CN(Cc1nc2ccccc2s1)c1ncnc2sc3c(c12)CCC3. The molecule has 4 nitrogen and oxygen atoms in total. The van der Waals surface area contributed by atoms with Crippen LogP contribution < -0.4 is 4.90 Å². The fourth-order valence-electron chi connectivity index (χ4n) is 3.47. The maximum atomic E-state index is 4.75. The first-order chi connectivity index (χ1) is 11.8. The molecule has 0 amide bonds. The normalized spacial score (nSPS) is 13.7. The van der Waals surface area contributed by atoms with Crippen LogP contribution in [-0.2, 0) is 19.4 Å². The van der Waals surface area contributed by atoms with Gasteiger partial charge in [0.2, 0.25) is 0 Å². The molecule has 0 spiro atoms. The summed E-state index contributed by atoms with van der Waals surface area (Å²) in [7, 11) is 2.10. The second-order valence-electron chi connectivity index (χ2n) is 6.17. The van der Waals surface area contributed by atoms with Crippen molar-refractivity contribution in [2.45, 2.75) is 25.8 Å². The zero-order valence-electron chi connectivity index (χ0n) is 13.3. The molecule has 120 valence electrons. The summed E-state index contributed by atoms with van der Waals surface area (Å²) >= 11 is 3.60. The van der Waals surface area contributed by atoms with E-state index in [1.807, 2.05) is 17.4 Å². The lowest BCUT2D eigenvalue weighted by molar-refractivity contribution is 0.889. The van der Waals surface area contributed by atoms with Gasteiger partial charge in [-0.15, -0.1) is 22.7 Å². The maximum Gasteiger partial charge on any atom is 0.141 e. The lowest BCUT2D eigenvalue weighted by atomic mass is 10.2. The van der Waals surface area contributed by atoms with Gasteiger partial charge < -0.3 is 4.90 Å². The van der Waals surface area contributed by atoms with Crippen molar-refractivity contribution in [2.24, 2.45) is 0 Å². The second-order valence-corrected chi connectivity index (χ2v) is 8.36. The smallest absolute Gasteiger partial charge is 0.141 e. The molecule has 5 rings (SSSR count). The molecule has 24 heavy (non-hydrogen) atoms. The Morgan fingerprint density at radius 3 is 2.96 bits per heavy atom. The molecule has 1 aliphatic carbocycles. The number of thiazole rings is 1. The van der Waals surface area contributed by atoms with Gasteiger partial charge >= 0.3 is 0 Å². The molecule has 0 atom stereocenters. The van der Waals surface area contributed by atoms with Crippen molar-refractivity contribution in [1.82, 2.24) is 15.0 Å². The highest BCUT2D eigenvalue weighted by Crippen LogP contribution is 2.40. The minimum atomic E-state index is 0.774. The molecule has 0 saturated carbocycles. The summed E-state index contributed by atoms with van der Waals surface area (Å²) in [5.74, 6) is 1.04. The van der Waals surface area contributed by atoms with Gasteiger partial charge in [-0.1, -0.05) is 12.1 Å². The number of aryl methyl sites for hydroxylation is 2. The summed E-state index contributed by atoms with van der Waals surface area (Å²) < 4.78 is 1.24. The first kappa shape index (κ1) is 14.3. The van der Waals surface area contributed by atoms with Crippen molar-refractivity contribution in [3.8, 4) is 0 Å². The zero-order valence-corrected chi connectivity index (χ0v) is 15.0. The van der Waals surface area contributed by atoms with Crippen molar-refractivity contribution in [2.75, 3.05) is 11.9 Å². The van der Waals surface area contributed by atoms with Crippen LogP contribution in [0.1, 0.15) is 21.9 Å². The molecule has 3 aromatic heterocycles. The third kappa shape index (κ3) is 2.21. The monoisotopic (exact) mass is 352 g/mol. The van der Waals surface area contributed by atoms with Gasteiger partial charge in [0.15, 0.2) is 0 Å². The van der Waals surface area contributed by atoms with Crippen molar-refractivity contribution >= 4 is 48.9 Å². The topological polar surface area (TPSA) is 41.9 Å². The van der Waals surface area contributed by atoms with Gasteiger partial charge in [-0.3, -0.25) is 0 Å². The van der Waals surface area contributed by atoms with E-state index in [-0.39, 0.29) is 0 Å². The third-order valence-corrected chi connectivity index (χ3v) is 6.77. The zero-order chi connectivity index (χ0) is 16.1. The summed E-state index contributed by atoms with van der Waals surface area (Å²) in [6.45, 7) is 0.774. The molecule has 0 saturated heterocycles. The number of rotatable bonds is 3. The van der Waals surface area contributed by atoms with Gasteiger partial charge in [0.1, 0.15) is 22.0 Å². The van der Waals surface area contributed by atoms with Crippen LogP contribution in [0.4, 0.5) is 5.82 Å². The number of para-hydroxylation sites is 1. The van der Waals surface area contributed by atoms with E-state index >= 15 is 0 Å². The van der Waals surface area contributed by atoms with Crippen LogP contribution in [0.15, 0.2) is 30.6 Å². The Morgan fingerprint density at radius 1 is 1.12 bits per heavy atom. The van der Waals surface area contributed by atoms with Gasteiger partial charge in [0, 0.05) is 11.9 Å². The van der Waals surface area contributed by atoms with E-state index in [1.165, 1.54) is 33.4 Å². The van der Waals surface area contributed by atoms with Gasteiger partial charge in [-0.2, -0.15) is 0 Å². The van der Waals surface area contributed by atoms with Crippen LogP contribution >= 0.6 is 22.7 Å². The molecular weight excluding hydrogens is 336 g/mol.